The van der Waals surface area contributed by atoms with Crippen LogP contribution in [0.1, 0.15) is 22.5 Å². The highest BCUT2D eigenvalue weighted by molar-refractivity contribution is 7.80. The van der Waals surface area contributed by atoms with Gasteiger partial charge in [0.25, 0.3) is 11.8 Å². The second kappa shape index (κ2) is 8.33. The minimum atomic E-state index is -0.557. The molecule has 32 heavy (non-hydrogen) atoms. The molecule has 162 valence electrons. The van der Waals surface area contributed by atoms with E-state index in [1.165, 1.54) is 17.0 Å². The monoisotopic (exact) mass is 467 g/mol. The number of halogens is 2. The van der Waals surface area contributed by atoms with Gasteiger partial charge in [-0.25, -0.2) is 4.39 Å². The first kappa shape index (κ1) is 21.9. The van der Waals surface area contributed by atoms with Crippen molar-refractivity contribution >= 4 is 52.5 Å². The van der Waals surface area contributed by atoms with Crippen molar-refractivity contribution in [1.29, 1.82) is 0 Å². The minimum absolute atomic E-state index is 0.0130. The Kier molecular flexibility index (Phi) is 5.71. The molecule has 0 spiro atoms. The van der Waals surface area contributed by atoms with Gasteiger partial charge in [0.2, 0.25) is 0 Å². The number of carbonyl (C=O) groups excluding carboxylic acids is 2. The average molecular weight is 468 g/mol. The van der Waals surface area contributed by atoms with Gasteiger partial charge in [0.05, 0.1) is 10.7 Å². The highest BCUT2D eigenvalue weighted by atomic mass is 35.5. The Labute approximate surface area is 195 Å². The molecule has 3 aromatic rings. The number of benzene rings is 2. The van der Waals surface area contributed by atoms with E-state index in [9.17, 15) is 14.0 Å². The number of aryl methyl sites for hydroxylation is 2. The van der Waals surface area contributed by atoms with Gasteiger partial charge in [-0.15, -0.1) is 0 Å². The summed E-state index contributed by atoms with van der Waals surface area (Å²) in [5.41, 5.74) is 4.55. The number of aromatic nitrogens is 1. The molecule has 0 radical (unpaired) electrons. The van der Waals surface area contributed by atoms with E-state index in [1.54, 1.807) is 24.3 Å². The van der Waals surface area contributed by atoms with Crippen LogP contribution in [0.4, 0.5) is 10.1 Å². The number of hydrogen-bond acceptors (Lipinski definition) is 3. The predicted octanol–water partition coefficient (Wildman–Crippen LogP) is 5.03. The standard InChI is InChI=1S/C24H19ClFN3O2S/c1-13-4-6-17(7-5-13)29-23(31)19(22(30)27-24(29)32)11-16-10-14(2)28(15(16)3)18-8-9-21(26)20(25)12-18/h4-12H,1-3H3,(H,27,30,32)/b19-11+. The Hall–Kier alpha value is -3.29. The summed E-state index contributed by atoms with van der Waals surface area (Å²) in [5.74, 6) is -1.56. The molecule has 4 rings (SSSR count). The summed E-state index contributed by atoms with van der Waals surface area (Å²) in [6.45, 7) is 5.67. The molecule has 0 saturated carbocycles. The molecule has 5 nitrogen and oxygen atoms in total. The maximum Gasteiger partial charge on any atom is 0.270 e. The first-order valence-electron chi connectivity index (χ1n) is 9.80. The van der Waals surface area contributed by atoms with Crippen molar-refractivity contribution in [2.75, 3.05) is 4.90 Å². The van der Waals surface area contributed by atoms with E-state index < -0.39 is 17.6 Å². The second-order valence-electron chi connectivity index (χ2n) is 7.55. The second-order valence-corrected chi connectivity index (χ2v) is 8.35. The van der Waals surface area contributed by atoms with Crippen LogP contribution in [0.15, 0.2) is 54.1 Å². The third-order valence-corrected chi connectivity index (χ3v) is 5.90. The Bertz CT molecular complexity index is 1310. The fourth-order valence-electron chi connectivity index (χ4n) is 3.70. The molecule has 1 fully saturated rings. The van der Waals surface area contributed by atoms with Crippen LogP contribution in [-0.2, 0) is 9.59 Å². The Morgan fingerprint density at radius 3 is 2.31 bits per heavy atom. The number of hydrogen-bond donors (Lipinski definition) is 1. The fourth-order valence-corrected chi connectivity index (χ4v) is 4.15. The third kappa shape index (κ3) is 3.85. The van der Waals surface area contributed by atoms with Gasteiger partial charge in [-0.05, 0) is 81.0 Å². The zero-order chi connectivity index (χ0) is 23.2. The van der Waals surface area contributed by atoms with E-state index in [0.717, 1.165) is 17.0 Å². The summed E-state index contributed by atoms with van der Waals surface area (Å²) in [4.78, 5) is 27.2. The fraction of sp³-hybridized carbons (Fsp3) is 0.125. The Morgan fingerprint density at radius 1 is 1.00 bits per heavy atom. The van der Waals surface area contributed by atoms with Crippen LogP contribution < -0.4 is 10.2 Å². The summed E-state index contributed by atoms with van der Waals surface area (Å²) in [6.07, 6.45) is 1.55. The summed E-state index contributed by atoms with van der Waals surface area (Å²) in [7, 11) is 0. The molecule has 0 unspecified atom stereocenters. The number of thiocarbonyl (C=S) groups is 1. The van der Waals surface area contributed by atoms with Gasteiger partial charge in [-0.1, -0.05) is 29.3 Å². The van der Waals surface area contributed by atoms with Gasteiger partial charge < -0.3 is 4.57 Å². The van der Waals surface area contributed by atoms with Crippen molar-refractivity contribution in [3.8, 4) is 5.69 Å². The SMILES string of the molecule is Cc1ccc(N2C(=O)/C(=C/c3cc(C)n(-c4ccc(F)c(Cl)c4)c3C)C(=O)NC2=S)cc1. The normalized spacial score (nSPS) is 15.5. The van der Waals surface area contributed by atoms with Crippen LogP contribution in [0.2, 0.25) is 5.02 Å². The molecule has 1 aliphatic heterocycles. The molecule has 8 heteroatoms. The minimum Gasteiger partial charge on any atom is -0.318 e. The molecular weight excluding hydrogens is 449 g/mol. The van der Waals surface area contributed by atoms with Crippen LogP contribution in [-0.4, -0.2) is 21.5 Å². The lowest BCUT2D eigenvalue weighted by Crippen LogP contribution is -2.54. The lowest BCUT2D eigenvalue weighted by molar-refractivity contribution is -0.122. The first-order chi connectivity index (χ1) is 15.2. The molecule has 2 amide bonds. The predicted molar refractivity (Wildman–Crippen MR) is 128 cm³/mol. The lowest BCUT2D eigenvalue weighted by atomic mass is 10.1. The lowest BCUT2D eigenvalue weighted by Gasteiger charge is -2.29. The molecule has 0 atom stereocenters. The third-order valence-electron chi connectivity index (χ3n) is 5.33. The molecule has 0 aliphatic carbocycles. The van der Waals surface area contributed by atoms with Crippen LogP contribution in [0.3, 0.4) is 0 Å². The molecule has 1 saturated heterocycles. The van der Waals surface area contributed by atoms with Gasteiger partial charge in [0.15, 0.2) is 5.11 Å². The number of nitrogens with zero attached hydrogens (tertiary/aromatic N) is 2. The number of anilines is 1. The number of nitrogens with one attached hydrogen (secondary N) is 1. The molecule has 1 N–H and O–H groups in total. The quantitative estimate of drug-likeness (QED) is 0.334. The number of rotatable bonds is 3. The largest absolute Gasteiger partial charge is 0.318 e. The highest BCUT2D eigenvalue weighted by Crippen LogP contribution is 2.27. The maximum atomic E-state index is 13.6. The van der Waals surface area contributed by atoms with Crippen molar-refractivity contribution in [3.05, 3.63) is 87.5 Å². The summed E-state index contributed by atoms with van der Waals surface area (Å²) >= 11 is 11.2. The van der Waals surface area contributed by atoms with E-state index in [1.807, 2.05) is 43.5 Å². The van der Waals surface area contributed by atoms with E-state index in [0.29, 0.717) is 16.9 Å². The zero-order valence-electron chi connectivity index (χ0n) is 17.6. The van der Waals surface area contributed by atoms with Crippen molar-refractivity contribution < 1.29 is 14.0 Å². The van der Waals surface area contributed by atoms with Crippen molar-refractivity contribution in [3.63, 3.8) is 0 Å². The first-order valence-corrected chi connectivity index (χ1v) is 10.6. The van der Waals surface area contributed by atoms with Gasteiger partial charge in [0.1, 0.15) is 11.4 Å². The Morgan fingerprint density at radius 2 is 1.66 bits per heavy atom. The van der Waals surface area contributed by atoms with Gasteiger partial charge >= 0.3 is 0 Å². The van der Waals surface area contributed by atoms with Crippen LogP contribution in [0.5, 0.6) is 0 Å². The van der Waals surface area contributed by atoms with Crippen molar-refractivity contribution in [2.24, 2.45) is 0 Å². The topological polar surface area (TPSA) is 54.3 Å². The molecule has 2 aromatic carbocycles. The van der Waals surface area contributed by atoms with E-state index >= 15 is 0 Å². The molecule has 1 aliphatic rings. The highest BCUT2D eigenvalue weighted by Gasteiger charge is 2.34. The van der Waals surface area contributed by atoms with E-state index in [2.05, 4.69) is 5.32 Å². The van der Waals surface area contributed by atoms with Crippen LogP contribution in [0, 0.1) is 26.6 Å². The van der Waals surface area contributed by atoms with Crippen molar-refractivity contribution in [1.82, 2.24) is 9.88 Å². The van der Waals surface area contributed by atoms with E-state index in [4.69, 9.17) is 23.8 Å². The smallest absolute Gasteiger partial charge is 0.270 e. The van der Waals surface area contributed by atoms with E-state index in [-0.39, 0.29) is 15.7 Å². The average Bonchev–Trinajstić information content (AvgIpc) is 3.01. The molecule has 1 aromatic heterocycles. The zero-order valence-corrected chi connectivity index (χ0v) is 19.1. The van der Waals surface area contributed by atoms with Crippen molar-refractivity contribution in [2.45, 2.75) is 20.8 Å². The molecule has 2 heterocycles. The number of amides is 2. The number of carbonyl (C=O) groups is 2. The summed E-state index contributed by atoms with van der Waals surface area (Å²) in [5, 5.41) is 2.64. The maximum absolute atomic E-state index is 13.6. The van der Waals surface area contributed by atoms with Gasteiger partial charge in [-0.2, -0.15) is 0 Å². The van der Waals surface area contributed by atoms with Gasteiger partial charge in [-0.3, -0.25) is 19.8 Å². The summed E-state index contributed by atoms with van der Waals surface area (Å²) in [6, 6.07) is 13.6. The molecule has 0 bridgehead atoms. The van der Waals surface area contributed by atoms with Crippen LogP contribution >= 0.6 is 23.8 Å². The molecular formula is C24H19ClFN3O2S. The Balaban J connectivity index is 1.76. The van der Waals surface area contributed by atoms with Crippen LogP contribution in [0.25, 0.3) is 11.8 Å². The van der Waals surface area contributed by atoms with Gasteiger partial charge in [0, 0.05) is 17.1 Å². The summed E-state index contributed by atoms with van der Waals surface area (Å²) < 4.78 is 15.5.